The van der Waals surface area contributed by atoms with Crippen LogP contribution in [0.2, 0.25) is 0 Å². The van der Waals surface area contributed by atoms with Gasteiger partial charge in [0.1, 0.15) is 6.61 Å². The minimum Gasteiger partial charge on any atom is -0.489 e. The van der Waals surface area contributed by atoms with Crippen molar-refractivity contribution in [2.45, 2.75) is 46.1 Å². The third kappa shape index (κ3) is 4.65. The number of aryl methyl sites for hydroxylation is 1. The number of hydrogen-bond acceptors (Lipinski definition) is 2. The number of rotatable bonds is 8. The summed E-state index contributed by atoms with van der Waals surface area (Å²) in [6, 6.07) is 5.56. The van der Waals surface area contributed by atoms with Crippen molar-refractivity contribution >= 4 is 0 Å². The Morgan fingerprint density at radius 2 is 2.06 bits per heavy atom. The van der Waals surface area contributed by atoms with E-state index in [0.29, 0.717) is 24.0 Å². The summed E-state index contributed by atoms with van der Waals surface area (Å²) in [5.74, 6) is 0.109. The van der Waals surface area contributed by atoms with Gasteiger partial charge in [-0.05, 0) is 37.9 Å². The number of halogens is 1. The monoisotopic (exact) mass is 253 g/mol. The van der Waals surface area contributed by atoms with Gasteiger partial charge in [0.2, 0.25) is 0 Å². The van der Waals surface area contributed by atoms with E-state index in [9.17, 15) is 4.39 Å². The Morgan fingerprint density at radius 3 is 2.72 bits per heavy atom. The second kappa shape index (κ2) is 8.09. The summed E-state index contributed by atoms with van der Waals surface area (Å²) in [5.41, 5.74) is 0.626. The molecule has 1 aromatic carbocycles. The molecule has 0 bridgehead atoms. The van der Waals surface area contributed by atoms with Crippen molar-refractivity contribution in [3.63, 3.8) is 0 Å². The molecule has 0 fully saturated rings. The van der Waals surface area contributed by atoms with E-state index in [-0.39, 0.29) is 5.82 Å². The van der Waals surface area contributed by atoms with Crippen LogP contribution in [0.4, 0.5) is 4.39 Å². The quantitative estimate of drug-likeness (QED) is 0.763. The molecule has 1 N–H and O–H groups in total. The van der Waals surface area contributed by atoms with Crippen LogP contribution in [-0.2, 0) is 0 Å². The van der Waals surface area contributed by atoms with E-state index in [0.717, 1.165) is 25.8 Å². The van der Waals surface area contributed by atoms with Gasteiger partial charge in [0.15, 0.2) is 11.6 Å². The standard InChI is InChI=1S/C15H24FNO/c1-4-7-13(17-10-5-2)11-18-14-9-6-8-12(3)15(14)16/h6,8-9,13,17H,4-5,7,10-11H2,1-3H3. The van der Waals surface area contributed by atoms with Gasteiger partial charge in [-0.15, -0.1) is 0 Å². The summed E-state index contributed by atoms with van der Waals surface area (Å²) in [7, 11) is 0. The van der Waals surface area contributed by atoms with Crippen LogP contribution in [0.1, 0.15) is 38.7 Å². The van der Waals surface area contributed by atoms with E-state index in [1.807, 2.05) is 6.07 Å². The molecule has 102 valence electrons. The fraction of sp³-hybridized carbons (Fsp3) is 0.600. The van der Waals surface area contributed by atoms with Gasteiger partial charge in [-0.2, -0.15) is 0 Å². The second-order valence-electron chi connectivity index (χ2n) is 4.64. The summed E-state index contributed by atoms with van der Waals surface area (Å²) < 4.78 is 19.3. The molecule has 0 saturated carbocycles. The normalized spacial score (nSPS) is 12.4. The van der Waals surface area contributed by atoms with Crippen molar-refractivity contribution in [3.05, 3.63) is 29.6 Å². The third-order valence-corrected chi connectivity index (χ3v) is 2.92. The zero-order valence-electron chi connectivity index (χ0n) is 11.6. The molecule has 1 atom stereocenters. The lowest BCUT2D eigenvalue weighted by atomic mass is 10.1. The zero-order chi connectivity index (χ0) is 13.4. The summed E-state index contributed by atoms with van der Waals surface area (Å²) in [4.78, 5) is 0. The van der Waals surface area contributed by atoms with Crippen LogP contribution in [0.5, 0.6) is 5.75 Å². The molecule has 0 aliphatic heterocycles. The van der Waals surface area contributed by atoms with Crippen LogP contribution < -0.4 is 10.1 Å². The number of hydrogen-bond donors (Lipinski definition) is 1. The minimum absolute atomic E-state index is 0.247. The van der Waals surface area contributed by atoms with Crippen LogP contribution in [0.3, 0.4) is 0 Å². The first kappa shape index (κ1) is 15.0. The van der Waals surface area contributed by atoms with Gasteiger partial charge in [-0.3, -0.25) is 0 Å². The lowest BCUT2D eigenvalue weighted by molar-refractivity contribution is 0.246. The number of benzene rings is 1. The molecular weight excluding hydrogens is 229 g/mol. The molecule has 1 rings (SSSR count). The predicted octanol–water partition coefficient (Wildman–Crippen LogP) is 3.68. The average Bonchev–Trinajstić information content (AvgIpc) is 2.37. The fourth-order valence-electron chi connectivity index (χ4n) is 1.86. The first-order valence-electron chi connectivity index (χ1n) is 6.80. The van der Waals surface area contributed by atoms with Crippen LogP contribution in [0, 0.1) is 12.7 Å². The summed E-state index contributed by atoms with van der Waals surface area (Å²) in [5, 5.41) is 3.43. The predicted molar refractivity (Wildman–Crippen MR) is 73.6 cm³/mol. The maximum atomic E-state index is 13.7. The highest BCUT2D eigenvalue weighted by Crippen LogP contribution is 2.19. The van der Waals surface area contributed by atoms with Crippen LogP contribution in [-0.4, -0.2) is 19.2 Å². The summed E-state index contributed by atoms with van der Waals surface area (Å²) >= 11 is 0. The van der Waals surface area contributed by atoms with E-state index in [2.05, 4.69) is 19.2 Å². The molecule has 0 saturated heterocycles. The van der Waals surface area contributed by atoms with Crippen molar-refractivity contribution in [3.8, 4) is 5.75 Å². The van der Waals surface area contributed by atoms with Crippen molar-refractivity contribution in [2.75, 3.05) is 13.2 Å². The van der Waals surface area contributed by atoms with E-state index in [1.165, 1.54) is 0 Å². The van der Waals surface area contributed by atoms with Gasteiger partial charge in [0, 0.05) is 6.04 Å². The van der Waals surface area contributed by atoms with Gasteiger partial charge in [-0.25, -0.2) is 4.39 Å². The van der Waals surface area contributed by atoms with Crippen LogP contribution in [0.25, 0.3) is 0 Å². The van der Waals surface area contributed by atoms with Crippen molar-refractivity contribution in [1.29, 1.82) is 0 Å². The topological polar surface area (TPSA) is 21.3 Å². The van der Waals surface area contributed by atoms with Crippen molar-refractivity contribution in [2.24, 2.45) is 0 Å². The minimum atomic E-state index is -0.247. The molecule has 3 heteroatoms. The van der Waals surface area contributed by atoms with E-state index in [4.69, 9.17) is 4.74 Å². The lowest BCUT2D eigenvalue weighted by Gasteiger charge is -2.19. The van der Waals surface area contributed by atoms with Gasteiger partial charge >= 0.3 is 0 Å². The summed E-state index contributed by atoms with van der Waals surface area (Å²) in [6.07, 6.45) is 3.24. The smallest absolute Gasteiger partial charge is 0.167 e. The lowest BCUT2D eigenvalue weighted by Crippen LogP contribution is -2.35. The molecule has 0 radical (unpaired) electrons. The Bertz CT molecular complexity index is 354. The molecule has 1 aromatic rings. The highest BCUT2D eigenvalue weighted by atomic mass is 19.1. The van der Waals surface area contributed by atoms with E-state index >= 15 is 0 Å². The molecule has 0 aliphatic rings. The Morgan fingerprint density at radius 1 is 1.28 bits per heavy atom. The van der Waals surface area contributed by atoms with Gasteiger partial charge < -0.3 is 10.1 Å². The van der Waals surface area contributed by atoms with E-state index < -0.39 is 0 Å². The maximum absolute atomic E-state index is 13.7. The molecule has 0 heterocycles. The molecule has 0 aromatic heterocycles. The maximum Gasteiger partial charge on any atom is 0.167 e. The number of ether oxygens (including phenoxy) is 1. The first-order valence-corrected chi connectivity index (χ1v) is 6.80. The molecular formula is C15H24FNO. The van der Waals surface area contributed by atoms with Gasteiger partial charge in [0.05, 0.1) is 0 Å². The highest BCUT2D eigenvalue weighted by Gasteiger charge is 2.10. The SMILES string of the molecule is CCCNC(CCC)COc1cccc(C)c1F. The summed E-state index contributed by atoms with van der Waals surface area (Å²) in [6.45, 7) is 7.53. The fourth-order valence-corrected chi connectivity index (χ4v) is 1.86. The molecule has 0 aliphatic carbocycles. The molecule has 18 heavy (non-hydrogen) atoms. The van der Waals surface area contributed by atoms with Gasteiger partial charge in [-0.1, -0.05) is 32.4 Å². The van der Waals surface area contributed by atoms with Crippen molar-refractivity contribution in [1.82, 2.24) is 5.32 Å². The Hall–Kier alpha value is -1.09. The Kier molecular flexibility index (Phi) is 6.73. The molecule has 0 spiro atoms. The van der Waals surface area contributed by atoms with Gasteiger partial charge in [0.25, 0.3) is 0 Å². The van der Waals surface area contributed by atoms with E-state index in [1.54, 1.807) is 19.1 Å². The molecule has 1 unspecified atom stereocenters. The number of nitrogens with one attached hydrogen (secondary N) is 1. The zero-order valence-corrected chi connectivity index (χ0v) is 11.6. The average molecular weight is 253 g/mol. The molecule has 2 nitrogen and oxygen atoms in total. The largest absolute Gasteiger partial charge is 0.489 e. The van der Waals surface area contributed by atoms with Crippen LogP contribution >= 0.6 is 0 Å². The Balaban J connectivity index is 2.52. The highest BCUT2D eigenvalue weighted by molar-refractivity contribution is 5.30. The first-order chi connectivity index (χ1) is 8.69. The second-order valence-corrected chi connectivity index (χ2v) is 4.64. The van der Waals surface area contributed by atoms with Crippen LogP contribution in [0.15, 0.2) is 18.2 Å². The molecule has 0 amide bonds. The van der Waals surface area contributed by atoms with Crippen molar-refractivity contribution < 1.29 is 9.13 Å². The third-order valence-electron chi connectivity index (χ3n) is 2.92. The Labute approximate surface area is 110 Å².